The van der Waals surface area contributed by atoms with Crippen LogP contribution in [0.3, 0.4) is 0 Å². The van der Waals surface area contributed by atoms with Gasteiger partial charge in [0, 0.05) is 24.9 Å². The zero-order chi connectivity index (χ0) is 23.3. The summed E-state index contributed by atoms with van der Waals surface area (Å²) in [6, 6.07) is 5.43. The molecule has 3 atom stereocenters. The Morgan fingerprint density at radius 1 is 1.34 bits per heavy atom. The first-order valence-corrected chi connectivity index (χ1v) is 10.4. The standard InChI is InChI=1S/C23H29N3O6/c1-16-8-4-5-9-17-10-6-12-19(30-3)22(17)23(28)32-18(14-20(16)31-15-29-2)11-7-13-21(27)25-26-24/h4-7,10,12-13,16,18,20H,8-9,11,14-15H2,1-3H3/t16-,18-,20+/m0/s1. The number of ether oxygens (including phenoxy) is 4. The third-order valence-corrected chi connectivity index (χ3v) is 5.16. The molecule has 1 aliphatic rings. The van der Waals surface area contributed by atoms with Crippen molar-refractivity contribution < 1.29 is 28.5 Å². The molecule has 0 saturated carbocycles. The molecule has 0 aromatic heterocycles. The highest BCUT2D eigenvalue weighted by atomic mass is 16.7. The van der Waals surface area contributed by atoms with Crippen LogP contribution in [0.4, 0.5) is 0 Å². The maximum atomic E-state index is 13.2. The summed E-state index contributed by atoms with van der Waals surface area (Å²) < 4.78 is 22.2. The van der Waals surface area contributed by atoms with Crippen LogP contribution in [-0.4, -0.2) is 45.1 Å². The quantitative estimate of drug-likeness (QED) is 0.116. The van der Waals surface area contributed by atoms with Crippen LogP contribution in [0.2, 0.25) is 0 Å². The van der Waals surface area contributed by atoms with Crippen LogP contribution in [-0.2, 0) is 25.4 Å². The second-order valence-corrected chi connectivity index (χ2v) is 7.42. The van der Waals surface area contributed by atoms with Crippen LogP contribution in [0.5, 0.6) is 5.75 Å². The lowest BCUT2D eigenvalue weighted by Crippen LogP contribution is -2.31. The van der Waals surface area contributed by atoms with E-state index in [4.69, 9.17) is 24.5 Å². The maximum absolute atomic E-state index is 13.2. The molecule has 0 radical (unpaired) electrons. The van der Waals surface area contributed by atoms with Crippen molar-refractivity contribution in [1.82, 2.24) is 0 Å². The van der Waals surface area contributed by atoms with Gasteiger partial charge in [0.1, 0.15) is 24.2 Å². The Bertz CT molecular complexity index is 892. The Labute approximate surface area is 187 Å². The molecule has 1 amide bonds. The third kappa shape index (κ3) is 7.53. The zero-order valence-corrected chi connectivity index (χ0v) is 18.6. The summed E-state index contributed by atoms with van der Waals surface area (Å²) in [7, 11) is 3.05. The van der Waals surface area contributed by atoms with E-state index in [1.54, 1.807) is 13.2 Å². The van der Waals surface area contributed by atoms with Gasteiger partial charge in [0.05, 0.1) is 13.2 Å². The van der Waals surface area contributed by atoms with Crippen LogP contribution in [0, 0.1) is 5.92 Å². The predicted molar refractivity (Wildman–Crippen MR) is 118 cm³/mol. The van der Waals surface area contributed by atoms with Crippen LogP contribution in [0.15, 0.2) is 47.6 Å². The minimum absolute atomic E-state index is 0.112. The summed E-state index contributed by atoms with van der Waals surface area (Å²) in [5.74, 6) is -0.652. The van der Waals surface area contributed by atoms with Gasteiger partial charge in [-0.1, -0.05) is 37.3 Å². The number of carbonyl (C=O) groups excluding carboxylic acids is 2. The molecular formula is C23H29N3O6. The van der Waals surface area contributed by atoms with Gasteiger partial charge in [-0.25, -0.2) is 4.79 Å². The van der Waals surface area contributed by atoms with Crippen molar-refractivity contribution in [3.05, 3.63) is 64.1 Å². The number of cyclic esters (lactones) is 1. The molecular weight excluding hydrogens is 414 g/mol. The lowest BCUT2D eigenvalue weighted by atomic mass is 9.93. The van der Waals surface area contributed by atoms with Crippen LogP contribution in [0.1, 0.15) is 42.1 Å². The second kappa shape index (κ2) is 13.3. The molecule has 1 aromatic rings. The average molecular weight is 444 g/mol. The van der Waals surface area contributed by atoms with Gasteiger partial charge in [0.25, 0.3) is 0 Å². The number of azide groups is 1. The molecule has 1 aliphatic heterocycles. The summed E-state index contributed by atoms with van der Waals surface area (Å²) >= 11 is 0. The summed E-state index contributed by atoms with van der Waals surface area (Å²) in [6.07, 6.45) is 7.96. The maximum Gasteiger partial charge on any atom is 0.342 e. The normalized spacial score (nSPS) is 21.6. The second-order valence-electron chi connectivity index (χ2n) is 7.42. The molecule has 0 saturated heterocycles. The number of esters is 1. The molecule has 0 aliphatic carbocycles. The Morgan fingerprint density at radius 3 is 2.88 bits per heavy atom. The topological polar surface area (TPSA) is 120 Å². The monoisotopic (exact) mass is 443 g/mol. The van der Waals surface area contributed by atoms with E-state index < -0.39 is 18.0 Å². The summed E-state index contributed by atoms with van der Waals surface area (Å²) in [6.45, 7) is 2.18. The van der Waals surface area contributed by atoms with E-state index in [2.05, 4.69) is 23.0 Å². The molecule has 9 nitrogen and oxygen atoms in total. The largest absolute Gasteiger partial charge is 0.496 e. The fourth-order valence-corrected chi connectivity index (χ4v) is 3.50. The Morgan fingerprint density at radius 2 is 2.16 bits per heavy atom. The van der Waals surface area contributed by atoms with Gasteiger partial charge in [-0.15, -0.1) is 0 Å². The Balaban J connectivity index is 2.37. The van der Waals surface area contributed by atoms with E-state index in [1.807, 2.05) is 18.2 Å². The van der Waals surface area contributed by atoms with E-state index in [0.29, 0.717) is 24.2 Å². The predicted octanol–water partition coefficient (Wildman–Crippen LogP) is 4.52. The molecule has 32 heavy (non-hydrogen) atoms. The molecule has 9 heteroatoms. The Kier molecular flexibility index (Phi) is 10.5. The highest BCUT2D eigenvalue weighted by molar-refractivity contribution is 5.94. The number of carbonyl (C=O) groups is 2. The van der Waals surface area contributed by atoms with Crippen molar-refractivity contribution in [3.63, 3.8) is 0 Å². The number of hydrogen-bond acceptors (Lipinski definition) is 6. The lowest BCUT2D eigenvalue weighted by molar-refractivity contribution is -0.113. The van der Waals surface area contributed by atoms with Gasteiger partial charge in [0.15, 0.2) is 0 Å². The zero-order valence-electron chi connectivity index (χ0n) is 18.6. The van der Waals surface area contributed by atoms with E-state index in [9.17, 15) is 9.59 Å². The summed E-state index contributed by atoms with van der Waals surface area (Å²) in [4.78, 5) is 27.1. The number of rotatable bonds is 7. The van der Waals surface area contributed by atoms with Gasteiger partial charge in [0.2, 0.25) is 5.91 Å². The first-order chi connectivity index (χ1) is 15.5. The first-order valence-electron chi connectivity index (χ1n) is 10.4. The van der Waals surface area contributed by atoms with Gasteiger partial charge >= 0.3 is 5.97 Å². The number of nitrogens with zero attached hydrogens (tertiary/aromatic N) is 3. The highest BCUT2D eigenvalue weighted by Crippen LogP contribution is 2.28. The fourth-order valence-electron chi connectivity index (χ4n) is 3.50. The number of amides is 1. The average Bonchev–Trinajstić information content (AvgIpc) is 2.78. The van der Waals surface area contributed by atoms with Crippen LogP contribution in [0.25, 0.3) is 10.4 Å². The SMILES string of the molecule is COCO[C@@H]1C[C@H](CC=CC(=O)N=[N+]=[N-])OC(=O)c2c(cccc2OC)CC=CC[C@@H]1C. The van der Waals surface area contributed by atoms with Gasteiger partial charge in [-0.05, 0) is 47.1 Å². The fraction of sp³-hybridized carbons (Fsp3) is 0.478. The van der Waals surface area contributed by atoms with E-state index in [0.717, 1.165) is 18.1 Å². The van der Waals surface area contributed by atoms with Crippen molar-refractivity contribution in [3.8, 4) is 5.75 Å². The molecule has 172 valence electrons. The van der Waals surface area contributed by atoms with Gasteiger partial charge < -0.3 is 18.9 Å². The smallest absolute Gasteiger partial charge is 0.342 e. The van der Waals surface area contributed by atoms with Crippen molar-refractivity contribution in [2.75, 3.05) is 21.0 Å². The number of benzene rings is 1. The minimum Gasteiger partial charge on any atom is -0.496 e. The van der Waals surface area contributed by atoms with Crippen LogP contribution < -0.4 is 4.74 Å². The highest BCUT2D eigenvalue weighted by Gasteiger charge is 2.27. The van der Waals surface area contributed by atoms with Crippen molar-refractivity contribution in [1.29, 1.82) is 0 Å². The number of fused-ring (bicyclic) bond motifs is 1. The van der Waals surface area contributed by atoms with Gasteiger partial charge in [-0.3, -0.25) is 4.79 Å². The molecule has 0 fully saturated rings. The lowest BCUT2D eigenvalue weighted by Gasteiger charge is -2.28. The number of allylic oxidation sites excluding steroid dienone is 2. The molecule has 2 rings (SSSR count). The Hall–Kier alpha value is -3.13. The third-order valence-electron chi connectivity index (χ3n) is 5.16. The molecule has 0 bridgehead atoms. The van der Waals surface area contributed by atoms with E-state index in [1.165, 1.54) is 13.2 Å². The van der Waals surface area contributed by atoms with Crippen LogP contribution >= 0.6 is 0 Å². The number of methoxy groups -OCH3 is 2. The number of hydrogen-bond donors (Lipinski definition) is 0. The molecule has 0 unspecified atom stereocenters. The van der Waals surface area contributed by atoms with Crippen molar-refractivity contribution in [2.24, 2.45) is 11.0 Å². The minimum atomic E-state index is -0.718. The molecule has 0 spiro atoms. The van der Waals surface area contributed by atoms with E-state index >= 15 is 0 Å². The van der Waals surface area contributed by atoms with E-state index in [-0.39, 0.29) is 25.2 Å². The van der Waals surface area contributed by atoms with Gasteiger partial charge in [-0.2, -0.15) is 0 Å². The van der Waals surface area contributed by atoms with Crippen molar-refractivity contribution >= 4 is 11.9 Å². The molecule has 1 heterocycles. The summed E-state index contributed by atoms with van der Waals surface area (Å²) in [5, 5.41) is 3.01. The first kappa shape index (κ1) is 25.1. The summed E-state index contributed by atoms with van der Waals surface area (Å²) in [5.41, 5.74) is 9.55. The van der Waals surface area contributed by atoms with Crippen molar-refractivity contribution in [2.45, 2.75) is 44.8 Å². The molecule has 0 N–H and O–H groups in total. The molecule has 1 aromatic carbocycles.